The molecule has 13 heavy (non-hydrogen) atoms. The van der Waals surface area contributed by atoms with Crippen molar-refractivity contribution in [2.24, 2.45) is 0 Å². The number of pyridine rings is 1. The molecule has 0 N–H and O–H groups in total. The van der Waals surface area contributed by atoms with E-state index >= 15 is 0 Å². The molecule has 0 saturated carbocycles. The Kier molecular flexibility index (Phi) is 2.04. The standard InChI is InChI=1S/C9H6BNO2/c12-10-13-8-5-1-3-7-4-2-6-11-9(7)8/h1-6H. The number of hydrogen-bond acceptors (Lipinski definition) is 3. The number of fused-ring (bicyclic) bond motifs is 1. The van der Waals surface area contributed by atoms with Gasteiger partial charge >= 0.3 is 74.9 Å². The molecule has 1 heterocycles. The summed E-state index contributed by atoms with van der Waals surface area (Å²) in [7, 11) is 0.406. The maximum absolute atomic E-state index is 10.2. The first-order valence-electron chi connectivity index (χ1n) is 3.86. The zero-order chi connectivity index (χ0) is 9.10. The minimum atomic E-state index is 0.406. The van der Waals surface area contributed by atoms with Gasteiger partial charge in [0.2, 0.25) is 0 Å². The molecule has 0 spiro atoms. The zero-order valence-electron chi connectivity index (χ0n) is 6.81. The third-order valence-electron chi connectivity index (χ3n) is 1.77. The van der Waals surface area contributed by atoms with Crippen LogP contribution < -0.4 is 4.65 Å². The molecule has 0 atom stereocenters. The summed E-state index contributed by atoms with van der Waals surface area (Å²) >= 11 is 0. The molecule has 0 radical (unpaired) electrons. The van der Waals surface area contributed by atoms with Crippen molar-refractivity contribution in [3.05, 3.63) is 36.5 Å². The first-order chi connectivity index (χ1) is 6.42. The summed E-state index contributed by atoms with van der Waals surface area (Å²) in [6, 6.07) is 9.21. The fraction of sp³-hybridized carbons (Fsp3) is 0. The van der Waals surface area contributed by atoms with E-state index in [0.717, 1.165) is 5.39 Å². The van der Waals surface area contributed by atoms with E-state index in [-0.39, 0.29) is 0 Å². The van der Waals surface area contributed by atoms with Crippen molar-refractivity contribution >= 4 is 18.3 Å². The van der Waals surface area contributed by atoms with Crippen LogP contribution in [0, 0.1) is 0 Å². The van der Waals surface area contributed by atoms with Crippen molar-refractivity contribution in [3.8, 4) is 5.75 Å². The average Bonchev–Trinajstić information content (AvgIpc) is 2.19. The Balaban J connectivity index is 2.68. The molecule has 0 fully saturated rings. The summed E-state index contributed by atoms with van der Waals surface area (Å²) in [4.78, 5) is 4.12. The fourth-order valence-electron chi connectivity index (χ4n) is 1.22. The molecule has 0 aliphatic rings. The molecule has 1 aromatic carbocycles. The second-order valence-corrected chi connectivity index (χ2v) is 2.55. The van der Waals surface area contributed by atoms with Crippen molar-refractivity contribution in [1.82, 2.24) is 4.98 Å². The summed E-state index contributed by atoms with van der Waals surface area (Å²) in [6.45, 7) is 0. The molecule has 0 aliphatic carbocycles. The molecule has 0 bridgehead atoms. The number of hydrogen-bond donors (Lipinski definition) is 0. The molecule has 0 amide bonds. The van der Waals surface area contributed by atoms with E-state index in [0.29, 0.717) is 18.6 Å². The van der Waals surface area contributed by atoms with Gasteiger partial charge in [0.15, 0.2) is 0 Å². The predicted octanol–water partition coefficient (Wildman–Crippen LogP) is 1.58. The summed E-state index contributed by atoms with van der Waals surface area (Å²) in [5.74, 6) is 0.494. The van der Waals surface area contributed by atoms with Crippen LogP contribution in [0.15, 0.2) is 36.5 Å². The molecule has 0 aliphatic heterocycles. The van der Waals surface area contributed by atoms with Crippen molar-refractivity contribution in [1.29, 1.82) is 0 Å². The molecule has 0 unspecified atom stereocenters. The van der Waals surface area contributed by atoms with Crippen LogP contribution in [0.4, 0.5) is 0 Å². The van der Waals surface area contributed by atoms with Gasteiger partial charge in [0.05, 0.1) is 0 Å². The predicted molar refractivity (Wildman–Crippen MR) is 48.8 cm³/mol. The number of rotatable bonds is 2. The van der Waals surface area contributed by atoms with Crippen LogP contribution in [0.1, 0.15) is 0 Å². The summed E-state index contributed by atoms with van der Waals surface area (Å²) in [5, 5.41) is 0.960. The monoisotopic (exact) mass is 171 g/mol. The molecule has 2 aromatic rings. The Morgan fingerprint density at radius 1 is 1.23 bits per heavy atom. The molecule has 0 saturated heterocycles. The van der Waals surface area contributed by atoms with Crippen molar-refractivity contribution < 1.29 is 9.36 Å². The Morgan fingerprint density at radius 2 is 2.08 bits per heavy atom. The quantitative estimate of drug-likeness (QED) is 0.643. The Labute approximate surface area is 75.6 Å². The van der Waals surface area contributed by atoms with E-state index < -0.39 is 0 Å². The van der Waals surface area contributed by atoms with E-state index in [4.69, 9.17) is 4.65 Å². The van der Waals surface area contributed by atoms with E-state index in [1.54, 1.807) is 12.3 Å². The van der Waals surface area contributed by atoms with Gasteiger partial charge in [-0.15, -0.1) is 0 Å². The van der Waals surface area contributed by atoms with Gasteiger partial charge < -0.3 is 0 Å². The molecule has 2 rings (SSSR count). The SMILES string of the molecule is O=BOc1cccc2cccnc12. The van der Waals surface area contributed by atoms with Crippen molar-refractivity contribution in [3.63, 3.8) is 0 Å². The van der Waals surface area contributed by atoms with Crippen molar-refractivity contribution in [2.45, 2.75) is 0 Å². The Hall–Kier alpha value is -1.71. The topological polar surface area (TPSA) is 39.2 Å². The van der Waals surface area contributed by atoms with Crippen LogP contribution in [0.3, 0.4) is 0 Å². The van der Waals surface area contributed by atoms with E-state index in [1.807, 2.05) is 24.3 Å². The maximum atomic E-state index is 10.2. The van der Waals surface area contributed by atoms with Crippen LogP contribution in [0.25, 0.3) is 10.9 Å². The third-order valence-corrected chi connectivity index (χ3v) is 1.77. The van der Waals surface area contributed by atoms with Crippen LogP contribution in [0.2, 0.25) is 0 Å². The number of para-hydroxylation sites is 1. The van der Waals surface area contributed by atoms with Crippen LogP contribution in [-0.2, 0) is 4.70 Å². The van der Waals surface area contributed by atoms with Gasteiger partial charge in [-0.25, -0.2) is 0 Å². The number of nitrogens with zero attached hydrogens (tertiary/aromatic N) is 1. The number of aromatic nitrogens is 1. The molecular formula is C9H6BNO2. The van der Waals surface area contributed by atoms with E-state index in [9.17, 15) is 4.70 Å². The summed E-state index contributed by atoms with van der Waals surface area (Å²) < 4.78 is 14.9. The van der Waals surface area contributed by atoms with E-state index in [1.165, 1.54) is 0 Å². The van der Waals surface area contributed by atoms with Gasteiger partial charge in [0.1, 0.15) is 0 Å². The second-order valence-electron chi connectivity index (χ2n) is 2.55. The van der Waals surface area contributed by atoms with Gasteiger partial charge in [-0.2, -0.15) is 0 Å². The first kappa shape index (κ1) is 7.92. The Bertz CT molecular complexity index is 439. The number of benzene rings is 1. The van der Waals surface area contributed by atoms with Crippen LogP contribution in [-0.4, -0.2) is 12.3 Å². The van der Waals surface area contributed by atoms with Crippen LogP contribution >= 0.6 is 0 Å². The third kappa shape index (κ3) is 1.43. The summed E-state index contributed by atoms with van der Waals surface area (Å²) in [6.07, 6.45) is 1.67. The van der Waals surface area contributed by atoms with Crippen LogP contribution in [0.5, 0.6) is 5.75 Å². The molecule has 3 nitrogen and oxygen atoms in total. The zero-order valence-corrected chi connectivity index (χ0v) is 6.81. The average molecular weight is 171 g/mol. The fourth-order valence-corrected chi connectivity index (χ4v) is 1.22. The van der Waals surface area contributed by atoms with E-state index in [2.05, 4.69) is 4.98 Å². The van der Waals surface area contributed by atoms with Gasteiger partial charge in [0.25, 0.3) is 0 Å². The molecular weight excluding hydrogens is 165 g/mol. The molecule has 62 valence electrons. The van der Waals surface area contributed by atoms with Gasteiger partial charge in [-0.05, 0) is 0 Å². The molecule has 4 heteroatoms. The van der Waals surface area contributed by atoms with Gasteiger partial charge in [-0.1, -0.05) is 0 Å². The molecule has 1 aromatic heterocycles. The minimum absolute atomic E-state index is 0.406. The van der Waals surface area contributed by atoms with Gasteiger partial charge in [-0.3, -0.25) is 0 Å². The summed E-state index contributed by atoms with van der Waals surface area (Å²) in [5.41, 5.74) is 0.706. The van der Waals surface area contributed by atoms with Gasteiger partial charge in [0, 0.05) is 0 Å². The Morgan fingerprint density at radius 3 is 2.92 bits per heavy atom. The first-order valence-corrected chi connectivity index (χ1v) is 3.86. The second kappa shape index (κ2) is 3.35. The normalized spacial score (nSPS) is 9.54. The van der Waals surface area contributed by atoms with Crippen molar-refractivity contribution in [2.75, 3.05) is 0 Å².